The van der Waals surface area contributed by atoms with Crippen molar-refractivity contribution in [1.82, 2.24) is 25.0 Å². The number of benzene rings is 2. The molecule has 0 spiro atoms. The molecule has 0 saturated carbocycles. The number of carbonyl (C=O) groups is 2. The van der Waals surface area contributed by atoms with Crippen LogP contribution in [0.25, 0.3) is 10.2 Å². The molecular weight excluding hydrogens is 574 g/mol. The van der Waals surface area contributed by atoms with Crippen LogP contribution in [0, 0.1) is 11.8 Å². The fourth-order valence-electron chi connectivity index (χ4n) is 4.61. The summed E-state index contributed by atoms with van der Waals surface area (Å²) < 4.78 is 29.9. The molecule has 0 radical (unpaired) electrons. The van der Waals surface area contributed by atoms with Crippen LogP contribution in [-0.4, -0.2) is 78.5 Å². The molecule has 1 heterocycles. The number of sulfonamides is 1. The molecule has 0 saturated heterocycles. The van der Waals surface area contributed by atoms with E-state index in [-0.39, 0.29) is 55.1 Å². The highest BCUT2D eigenvalue weighted by Crippen LogP contribution is 2.26. The molecule has 2 aromatic carbocycles. The second-order valence-corrected chi connectivity index (χ2v) is 13.9. The fourth-order valence-corrected chi connectivity index (χ4v) is 7.05. The van der Waals surface area contributed by atoms with Crippen LogP contribution in [0.3, 0.4) is 0 Å². The number of likely N-dealkylation sites (N-methyl/N-ethyl adjacent to an activating group) is 1. The van der Waals surface area contributed by atoms with E-state index >= 15 is 0 Å². The minimum atomic E-state index is -4.02. The average molecular weight is 618 g/mol. The SMILES string of the molecule is CC[C@H](C)CC(=O)N(NC(=O)CNC)[C@@H](Cc1ccccc1)[C@H](O)CN(CC(C)C)S(=O)(=O)c1ccc2ncsc2c1. The summed E-state index contributed by atoms with van der Waals surface area (Å²) in [6, 6.07) is 13.2. The first-order valence-electron chi connectivity index (χ1n) is 14.3. The molecule has 0 bridgehead atoms. The van der Waals surface area contributed by atoms with Gasteiger partial charge in [0.25, 0.3) is 5.91 Å². The molecule has 3 rings (SSSR count). The van der Waals surface area contributed by atoms with Crippen LogP contribution in [-0.2, 0) is 26.0 Å². The van der Waals surface area contributed by atoms with Gasteiger partial charge in [-0.3, -0.25) is 15.0 Å². The van der Waals surface area contributed by atoms with Gasteiger partial charge in [-0.15, -0.1) is 11.3 Å². The highest BCUT2D eigenvalue weighted by molar-refractivity contribution is 7.89. The number of rotatable bonds is 15. The van der Waals surface area contributed by atoms with E-state index in [4.69, 9.17) is 0 Å². The van der Waals surface area contributed by atoms with E-state index in [1.807, 2.05) is 58.0 Å². The molecule has 0 aliphatic heterocycles. The number of hydrogen-bond donors (Lipinski definition) is 3. The van der Waals surface area contributed by atoms with Crippen molar-refractivity contribution in [3.63, 3.8) is 0 Å². The molecule has 0 unspecified atom stereocenters. The van der Waals surface area contributed by atoms with Crippen LogP contribution in [0.2, 0.25) is 0 Å². The number of hydrazine groups is 1. The van der Waals surface area contributed by atoms with Gasteiger partial charge in [-0.05, 0) is 49.1 Å². The third kappa shape index (κ3) is 9.05. The van der Waals surface area contributed by atoms with Crippen molar-refractivity contribution >= 4 is 43.4 Å². The zero-order valence-electron chi connectivity index (χ0n) is 25.0. The average Bonchev–Trinajstić information content (AvgIpc) is 3.43. The van der Waals surface area contributed by atoms with E-state index in [0.29, 0.717) is 5.52 Å². The maximum atomic E-state index is 13.9. The Balaban J connectivity index is 2.01. The van der Waals surface area contributed by atoms with Gasteiger partial charge in [-0.25, -0.2) is 18.4 Å². The molecule has 3 N–H and O–H groups in total. The number of aromatic nitrogens is 1. The van der Waals surface area contributed by atoms with Crippen LogP contribution < -0.4 is 10.7 Å². The summed E-state index contributed by atoms with van der Waals surface area (Å²) in [5.41, 5.74) is 5.91. The maximum Gasteiger partial charge on any atom is 0.252 e. The van der Waals surface area contributed by atoms with Crippen molar-refractivity contribution in [3.8, 4) is 0 Å². The Morgan fingerprint density at radius 3 is 2.43 bits per heavy atom. The number of aliphatic hydroxyl groups is 1. The smallest absolute Gasteiger partial charge is 0.252 e. The first kappa shape index (κ1) is 33.6. The lowest BCUT2D eigenvalue weighted by Gasteiger charge is -2.37. The first-order chi connectivity index (χ1) is 20.0. The van der Waals surface area contributed by atoms with E-state index in [0.717, 1.165) is 16.7 Å². The Morgan fingerprint density at radius 2 is 1.79 bits per heavy atom. The zero-order chi connectivity index (χ0) is 30.9. The number of carbonyl (C=O) groups excluding carboxylic acids is 2. The molecule has 0 fully saturated rings. The summed E-state index contributed by atoms with van der Waals surface area (Å²) >= 11 is 1.35. The molecule has 10 nitrogen and oxygen atoms in total. The van der Waals surface area contributed by atoms with Gasteiger partial charge >= 0.3 is 0 Å². The molecule has 42 heavy (non-hydrogen) atoms. The van der Waals surface area contributed by atoms with Crippen LogP contribution in [0.5, 0.6) is 0 Å². The van der Waals surface area contributed by atoms with Gasteiger partial charge in [-0.1, -0.05) is 64.4 Å². The number of nitrogens with zero attached hydrogens (tertiary/aromatic N) is 3. The van der Waals surface area contributed by atoms with Crippen LogP contribution in [0.4, 0.5) is 0 Å². The van der Waals surface area contributed by atoms with Gasteiger partial charge in [0.1, 0.15) is 0 Å². The number of aliphatic hydroxyl groups excluding tert-OH is 1. The second-order valence-electron chi connectivity index (χ2n) is 11.1. The third-order valence-electron chi connectivity index (χ3n) is 7.03. The number of fused-ring (bicyclic) bond motifs is 1. The quantitative estimate of drug-likeness (QED) is 0.223. The first-order valence-corrected chi connectivity index (χ1v) is 16.6. The normalized spacial score (nSPS) is 14.2. The lowest BCUT2D eigenvalue weighted by atomic mass is 9.98. The van der Waals surface area contributed by atoms with Crippen LogP contribution in [0.1, 0.15) is 46.1 Å². The Bertz CT molecular complexity index is 1410. The third-order valence-corrected chi connectivity index (χ3v) is 9.65. The van der Waals surface area contributed by atoms with Crippen molar-refractivity contribution in [3.05, 3.63) is 59.6 Å². The van der Waals surface area contributed by atoms with Crippen molar-refractivity contribution < 1.29 is 23.1 Å². The maximum absolute atomic E-state index is 13.9. The Kier molecular flexibility index (Phi) is 12.4. The highest BCUT2D eigenvalue weighted by Gasteiger charge is 2.36. The summed E-state index contributed by atoms with van der Waals surface area (Å²) in [7, 11) is -2.39. The van der Waals surface area contributed by atoms with Gasteiger partial charge < -0.3 is 10.4 Å². The van der Waals surface area contributed by atoms with Gasteiger partial charge in [0.15, 0.2) is 0 Å². The number of amides is 2. The fraction of sp³-hybridized carbons (Fsp3) is 0.500. The van der Waals surface area contributed by atoms with E-state index in [1.165, 1.54) is 26.7 Å². The van der Waals surface area contributed by atoms with Gasteiger partial charge in [0, 0.05) is 19.5 Å². The Labute approximate surface area is 253 Å². The van der Waals surface area contributed by atoms with E-state index in [2.05, 4.69) is 15.7 Å². The minimum absolute atomic E-state index is 0.0326. The standard InChI is InChI=1S/C30H43N5O5S2/c1-6-22(4)14-30(38)35(33-29(37)17-31-5)26(15-23-10-8-7-9-11-23)27(36)19-34(18-21(2)3)42(39,40)24-12-13-25-28(16-24)41-20-32-25/h7-13,16,20-22,26-27,31,36H,6,14-15,17-19H2,1-5H3,(H,33,37)/t22-,26-,27+/m0/s1. The van der Waals surface area contributed by atoms with E-state index in [1.54, 1.807) is 24.7 Å². The summed E-state index contributed by atoms with van der Waals surface area (Å²) in [6.07, 6.45) is -0.185. The minimum Gasteiger partial charge on any atom is -0.390 e. The highest BCUT2D eigenvalue weighted by atomic mass is 32.2. The number of hydrogen-bond acceptors (Lipinski definition) is 8. The lowest BCUT2D eigenvalue weighted by molar-refractivity contribution is -0.148. The van der Waals surface area contributed by atoms with E-state index in [9.17, 15) is 23.1 Å². The van der Waals surface area contributed by atoms with Gasteiger partial charge in [-0.2, -0.15) is 4.31 Å². The molecule has 12 heteroatoms. The van der Waals surface area contributed by atoms with Crippen molar-refractivity contribution in [1.29, 1.82) is 0 Å². The van der Waals surface area contributed by atoms with Crippen molar-refractivity contribution in [2.75, 3.05) is 26.7 Å². The molecular formula is C30H43N5O5S2. The molecule has 3 aromatic rings. The number of thiazole rings is 1. The summed E-state index contributed by atoms with van der Waals surface area (Å²) in [5.74, 6) is -0.771. The Hall–Kier alpha value is -2.90. The second kappa shape index (κ2) is 15.5. The van der Waals surface area contributed by atoms with Crippen molar-refractivity contribution in [2.45, 2.75) is 64.0 Å². The van der Waals surface area contributed by atoms with Crippen molar-refractivity contribution in [2.24, 2.45) is 11.8 Å². The summed E-state index contributed by atoms with van der Waals surface area (Å²) in [6.45, 7) is 7.60. The summed E-state index contributed by atoms with van der Waals surface area (Å²) in [4.78, 5) is 30.7. The lowest BCUT2D eigenvalue weighted by Crippen LogP contribution is -2.60. The molecule has 3 atom stereocenters. The topological polar surface area (TPSA) is 132 Å². The zero-order valence-corrected chi connectivity index (χ0v) is 26.6. The molecule has 1 aromatic heterocycles. The monoisotopic (exact) mass is 617 g/mol. The van der Waals surface area contributed by atoms with E-state index < -0.39 is 28.1 Å². The largest absolute Gasteiger partial charge is 0.390 e. The number of nitrogens with one attached hydrogen (secondary N) is 2. The Morgan fingerprint density at radius 1 is 1.07 bits per heavy atom. The van der Waals surface area contributed by atoms with Gasteiger partial charge in [0.05, 0.1) is 39.3 Å². The molecule has 0 aliphatic carbocycles. The van der Waals surface area contributed by atoms with Gasteiger partial charge in [0.2, 0.25) is 15.9 Å². The molecule has 0 aliphatic rings. The van der Waals surface area contributed by atoms with Crippen LogP contribution >= 0.6 is 11.3 Å². The molecule has 230 valence electrons. The predicted octanol–water partition coefficient (Wildman–Crippen LogP) is 3.43. The molecule has 2 amide bonds. The van der Waals surface area contributed by atoms with Crippen LogP contribution in [0.15, 0.2) is 58.9 Å². The predicted molar refractivity (Wildman–Crippen MR) is 166 cm³/mol. The summed E-state index contributed by atoms with van der Waals surface area (Å²) in [5, 5.41) is 15.8.